The maximum absolute atomic E-state index is 12.3. The quantitative estimate of drug-likeness (QED) is 0.789. The third-order valence-corrected chi connectivity index (χ3v) is 3.85. The molecule has 0 bridgehead atoms. The van der Waals surface area contributed by atoms with Gasteiger partial charge < -0.3 is 19.9 Å². The van der Waals surface area contributed by atoms with Crippen LogP contribution in [0.15, 0.2) is 18.3 Å². The number of carbonyl (C=O) groups excluding carboxylic acids is 1. The molecule has 0 aliphatic carbocycles. The van der Waals surface area contributed by atoms with Gasteiger partial charge in [-0.05, 0) is 38.1 Å². The maximum atomic E-state index is 12.3. The molecule has 2 aliphatic heterocycles. The number of likely N-dealkylation sites (tertiary alicyclic amines) is 1. The zero-order chi connectivity index (χ0) is 12.5. The third kappa shape index (κ3) is 2.04. The Morgan fingerprint density at radius 2 is 2.06 bits per heavy atom. The summed E-state index contributed by atoms with van der Waals surface area (Å²) in [6.07, 6.45) is 3.80. The van der Waals surface area contributed by atoms with Crippen molar-refractivity contribution in [1.29, 1.82) is 0 Å². The van der Waals surface area contributed by atoms with E-state index in [2.05, 4.69) is 9.88 Å². The van der Waals surface area contributed by atoms with E-state index in [0.29, 0.717) is 19.1 Å². The highest BCUT2D eigenvalue weighted by atomic mass is 16.3. The van der Waals surface area contributed by atoms with E-state index in [1.165, 1.54) is 0 Å². The molecular weight excluding hydrogens is 230 g/mol. The maximum Gasteiger partial charge on any atom is 0.270 e. The van der Waals surface area contributed by atoms with Crippen molar-refractivity contribution >= 4 is 5.91 Å². The van der Waals surface area contributed by atoms with Crippen molar-refractivity contribution in [3.05, 3.63) is 24.0 Å². The van der Waals surface area contributed by atoms with E-state index in [4.69, 9.17) is 0 Å². The second-order valence-corrected chi connectivity index (χ2v) is 5.15. The molecular formula is C13H19N3O2. The molecule has 5 heteroatoms. The number of β-amino-alcohol motifs (C(OH)–C–C–N with tert-alkyl or cyclic N) is 1. The summed E-state index contributed by atoms with van der Waals surface area (Å²) in [6, 6.07) is 4.24. The molecule has 18 heavy (non-hydrogen) atoms. The summed E-state index contributed by atoms with van der Waals surface area (Å²) in [5.41, 5.74) is 0.758. The van der Waals surface area contributed by atoms with Crippen LogP contribution in [0.2, 0.25) is 0 Å². The van der Waals surface area contributed by atoms with Crippen LogP contribution in [0.4, 0.5) is 0 Å². The van der Waals surface area contributed by atoms with Crippen LogP contribution < -0.4 is 5.32 Å². The monoisotopic (exact) mass is 249 g/mol. The zero-order valence-corrected chi connectivity index (χ0v) is 10.4. The van der Waals surface area contributed by atoms with Crippen LogP contribution in [-0.4, -0.2) is 52.8 Å². The molecule has 0 aromatic carbocycles. The van der Waals surface area contributed by atoms with Gasteiger partial charge in [0.2, 0.25) is 0 Å². The molecule has 98 valence electrons. The van der Waals surface area contributed by atoms with Crippen LogP contribution in [0.5, 0.6) is 0 Å². The Morgan fingerprint density at radius 3 is 2.72 bits per heavy atom. The number of amides is 1. The summed E-state index contributed by atoms with van der Waals surface area (Å²) in [7, 11) is 0. The number of aromatic nitrogens is 1. The van der Waals surface area contributed by atoms with E-state index < -0.39 is 0 Å². The van der Waals surface area contributed by atoms with Crippen molar-refractivity contribution < 1.29 is 9.90 Å². The Balaban J connectivity index is 1.76. The largest absolute Gasteiger partial charge is 0.389 e. The van der Waals surface area contributed by atoms with Gasteiger partial charge in [0.15, 0.2) is 0 Å². The Kier molecular flexibility index (Phi) is 3.09. The van der Waals surface area contributed by atoms with Gasteiger partial charge in [-0.2, -0.15) is 0 Å². The molecule has 1 aromatic rings. The fourth-order valence-electron chi connectivity index (χ4n) is 2.76. The Bertz CT molecular complexity index is 431. The van der Waals surface area contributed by atoms with Crippen molar-refractivity contribution in [2.24, 2.45) is 0 Å². The van der Waals surface area contributed by atoms with Crippen molar-refractivity contribution in [2.45, 2.75) is 25.0 Å². The zero-order valence-electron chi connectivity index (χ0n) is 10.4. The average molecular weight is 249 g/mol. The van der Waals surface area contributed by atoms with E-state index >= 15 is 0 Å². The second-order valence-electron chi connectivity index (χ2n) is 5.15. The minimum absolute atomic E-state index is 0.0452. The number of aliphatic hydroxyl groups excluding tert-OH is 1. The summed E-state index contributed by atoms with van der Waals surface area (Å²) in [5, 5.41) is 12.6. The normalized spacial score (nSPS) is 21.9. The van der Waals surface area contributed by atoms with Gasteiger partial charge >= 0.3 is 0 Å². The summed E-state index contributed by atoms with van der Waals surface area (Å²) in [5.74, 6) is 0.0452. The van der Waals surface area contributed by atoms with Gasteiger partial charge in [0.05, 0.1) is 6.10 Å². The molecule has 0 radical (unpaired) electrons. The first kappa shape index (κ1) is 11.7. The smallest absolute Gasteiger partial charge is 0.270 e. The molecule has 2 saturated heterocycles. The van der Waals surface area contributed by atoms with Crippen LogP contribution in [0, 0.1) is 0 Å². The van der Waals surface area contributed by atoms with Gasteiger partial charge in [-0.25, -0.2) is 0 Å². The van der Waals surface area contributed by atoms with E-state index in [-0.39, 0.29) is 12.0 Å². The highest BCUT2D eigenvalue weighted by molar-refractivity contribution is 5.93. The molecule has 0 saturated carbocycles. The van der Waals surface area contributed by atoms with Crippen LogP contribution in [0.25, 0.3) is 0 Å². The van der Waals surface area contributed by atoms with E-state index in [0.717, 1.165) is 31.6 Å². The second kappa shape index (κ2) is 4.74. The van der Waals surface area contributed by atoms with Crippen molar-refractivity contribution in [1.82, 2.24) is 14.8 Å². The summed E-state index contributed by atoms with van der Waals surface area (Å²) in [4.78, 5) is 14.0. The summed E-state index contributed by atoms with van der Waals surface area (Å²) < 4.78 is 2.11. The topological polar surface area (TPSA) is 57.5 Å². The molecule has 1 aromatic heterocycles. The lowest BCUT2D eigenvalue weighted by Gasteiger charge is -2.36. The van der Waals surface area contributed by atoms with Gasteiger partial charge in [0, 0.05) is 25.3 Å². The number of hydrogen-bond acceptors (Lipinski definition) is 3. The van der Waals surface area contributed by atoms with Crippen molar-refractivity contribution in [3.63, 3.8) is 0 Å². The third-order valence-electron chi connectivity index (χ3n) is 3.85. The SMILES string of the molecule is O=C(c1cccn1C1CCNCC1)N1CC(O)C1. The fourth-order valence-corrected chi connectivity index (χ4v) is 2.76. The van der Waals surface area contributed by atoms with E-state index in [1.54, 1.807) is 4.90 Å². The van der Waals surface area contributed by atoms with Crippen LogP contribution in [0.1, 0.15) is 29.4 Å². The van der Waals surface area contributed by atoms with Crippen LogP contribution in [-0.2, 0) is 0 Å². The predicted molar refractivity (Wildman–Crippen MR) is 67.5 cm³/mol. The number of carbonyl (C=O) groups is 1. The average Bonchev–Trinajstić information content (AvgIpc) is 2.84. The minimum Gasteiger partial charge on any atom is -0.389 e. The Labute approximate surface area is 106 Å². The van der Waals surface area contributed by atoms with Crippen LogP contribution in [0.3, 0.4) is 0 Å². The molecule has 1 amide bonds. The first-order chi connectivity index (χ1) is 8.75. The number of hydrogen-bond donors (Lipinski definition) is 2. The van der Waals surface area contributed by atoms with Crippen LogP contribution >= 0.6 is 0 Å². The molecule has 0 spiro atoms. The lowest BCUT2D eigenvalue weighted by molar-refractivity contribution is 0.00501. The lowest BCUT2D eigenvalue weighted by atomic mass is 10.1. The van der Waals surface area contributed by atoms with Gasteiger partial charge in [0.1, 0.15) is 5.69 Å². The Hall–Kier alpha value is -1.33. The number of aliphatic hydroxyl groups is 1. The first-order valence-electron chi connectivity index (χ1n) is 6.60. The molecule has 3 heterocycles. The molecule has 5 nitrogen and oxygen atoms in total. The van der Waals surface area contributed by atoms with E-state index in [1.807, 2.05) is 18.3 Å². The molecule has 3 rings (SSSR count). The molecule has 2 aliphatic rings. The minimum atomic E-state index is -0.337. The molecule has 0 atom stereocenters. The molecule has 2 N–H and O–H groups in total. The summed E-state index contributed by atoms with van der Waals surface area (Å²) >= 11 is 0. The molecule has 0 unspecified atom stereocenters. The first-order valence-corrected chi connectivity index (χ1v) is 6.60. The lowest BCUT2D eigenvalue weighted by Crippen LogP contribution is -2.53. The van der Waals surface area contributed by atoms with Gasteiger partial charge in [-0.1, -0.05) is 0 Å². The fraction of sp³-hybridized carbons (Fsp3) is 0.615. The Morgan fingerprint density at radius 1 is 1.33 bits per heavy atom. The number of rotatable bonds is 2. The number of nitrogens with zero attached hydrogens (tertiary/aromatic N) is 2. The standard InChI is InChI=1S/C13H19N3O2/c17-11-8-15(9-11)13(18)12-2-1-7-16(12)10-3-5-14-6-4-10/h1-2,7,10-11,14,17H,3-6,8-9H2. The van der Waals surface area contributed by atoms with E-state index in [9.17, 15) is 9.90 Å². The predicted octanol–water partition coefficient (Wildman–Crippen LogP) is 0.229. The highest BCUT2D eigenvalue weighted by Crippen LogP contribution is 2.23. The van der Waals surface area contributed by atoms with Gasteiger partial charge in [0.25, 0.3) is 5.91 Å². The van der Waals surface area contributed by atoms with Gasteiger partial charge in [-0.3, -0.25) is 4.79 Å². The molecule has 2 fully saturated rings. The highest BCUT2D eigenvalue weighted by Gasteiger charge is 2.31. The van der Waals surface area contributed by atoms with Gasteiger partial charge in [-0.15, -0.1) is 0 Å². The number of piperidine rings is 1. The van der Waals surface area contributed by atoms with Crippen molar-refractivity contribution in [2.75, 3.05) is 26.2 Å². The number of nitrogens with one attached hydrogen (secondary N) is 1. The summed E-state index contributed by atoms with van der Waals surface area (Å²) in [6.45, 7) is 2.96. The van der Waals surface area contributed by atoms with Crippen molar-refractivity contribution in [3.8, 4) is 0 Å².